The van der Waals surface area contributed by atoms with Gasteiger partial charge in [0.2, 0.25) is 5.91 Å². The van der Waals surface area contributed by atoms with Gasteiger partial charge in [0, 0.05) is 17.9 Å². The number of thiazole rings is 1. The van der Waals surface area contributed by atoms with E-state index in [0.29, 0.717) is 12.3 Å². The van der Waals surface area contributed by atoms with Crippen molar-refractivity contribution in [2.45, 2.75) is 25.2 Å². The lowest BCUT2D eigenvalue weighted by molar-refractivity contribution is -0.858. The molecule has 6 heteroatoms. The van der Waals surface area contributed by atoms with E-state index < -0.39 is 0 Å². The minimum absolute atomic E-state index is 0.120. The lowest BCUT2D eigenvalue weighted by atomic mass is 10.1. The van der Waals surface area contributed by atoms with Crippen LogP contribution in [0.4, 0.5) is 5.13 Å². The normalized spacial score (nSPS) is 11.3. The fourth-order valence-electron chi connectivity index (χ4n) is 2.94. The van der Waals surface area contributed by atoms with Crippen LogP contribution in [0.3, 0.4) is 0 Å². The molecule has 1 heterocycles. The highest BCUT2D eigenvalue weighted by molar-refractivity contribution is 8.00. The minimum atomic E-state index is 0.120. The quantitative estimate of drug-likeness (QED) is 0.573. The van der Waals surface area contributed by atoms with Gasteiger partial charge in [-0.05, 0) is 49.2 Å². The zero-order chi connectivity index (χ0) is 20.1. The molecular formula is C22H28N3OS2+. The molecular weight excluding hydrogens is 386 g/mol. The predicted octanol–water partition coefficient (Wildman–Crippen LogP) is 3.57. The summed E-state index contributed by atoms with van der Waals surface area (Å²) in [6.07, 6.45) is 0.956. The number of carbonyl (C=O) groups excluding carboxylic acids is 1. The van der Waals surface area contributed by atoms with Crippen molar-refractivity contribution in [1.29, 1.82) is 0 Å². The summed E-state index contributed by atoms with van der Waals surface area (Å²) < 4.78 is 1.14. The Morgan fingerprint density at radius 1 is 1.14 bits per heavy atom. The number of aryl methyl sites for hydroxylation is 2. The van der Waals surface area contributed by atoms with Crippen LogP contribution in [0.5, 0.6) is 0 Å². The van der Waals surface area contributed by atoms with E-state index >= 15 is 0 Å². The first kappa shape index (κ1) is 20.8. The average Bonchev–Trinajstić information content (AvgIpc) is 3.06. The Balaban J connectivity index is 1.80. The third-order valence-corrected chi connectivity index (χ3v) is 6.73. The molecule has 148 valence electrons. The maximum Gasteiger partial charge on any atom is 0.239 e. The third-order valence-electron chi connectivity index (χ3n) is 4.69. The molecule has 0 aliphatic carbocycles. The van der Waals surface area contributed by atoms with Gasteiger partial charge in [-0.25, -0.2) is 4.98 Å². The summed E-state index contributed by atoms with van der Waals surface area (Å²) >= 11 is 3.20. The van der Waals surface area contributed by atoms with Crippen LogP contribution >= 0.6 is 23.1 Å². The standard InChI is InChI=1S/C22H27N3OS2/c1-16-13-19-20(14-17(16)2)28-22(23-19)25(12-8-11-24(3)4)21(26)15-27-18-9-6-5-7-10-18/h5-7,9-10,13-14H,8,11-12,15H2,1-4H3/p+1. The zero-order valence-corrected chi connectivity index (χ0v) is 18.6. The van der Waals surface area contributed by atoms with Crippen LogP contribution in [0.15, 0.2) is 47.4 Å². The first-order chi connectivity index (χ1) is 13.4. The van der Waals surface area contributed by atoms with Gasteiger partial charge in [-0.1, -0.05) is 29.5 Å². The van der Waals surface area contributed by atoms with Gasteiger partial charge in [0.1, 0.15) is 0 Å². The summed E-state index contributed by atoms with van der Waals surface area (Å²) in [6, 6.07) is 14.4. The van der Waals surface area contributed by atoms with Crippen molar-refractivity contribution in [2.24, 2.45) is 0 Å². The number of thioether (sulfide) groups is 1. The Morgan fingerprint density at radius 3 is 2.57 bits per heavy atom. The maximum atomic E-state index is 13.1. The van der Waals surface area contributed by atoms with Crippen LogP contribution < -0.4 is 9.80 Å². The Morgan fingerprint density at radius 2 is 1.86 bits per heavy atom. The van der Waals surface area contributed by atoms with Crippen LogP contribution in [0, 0.1) is 13.8 Å². The Bertz CT molecular complexity index is 899. The summed E-state index contributed by atoms with van der Waals surface area (Å²) in [5.41, 5.74) is 3.48. The molecule has 0 fully saturated rings. The van der Waals surface area contributed by atoms with Crippen molar-refractivity contribution in [3.05, 3.63) is 53.6 Å². The molecule has 0 saturated carbocycles. The van der Waals surface area contributed by atoms with Gasteiger partial charge in [0.15, 0.2) is 5.13 Å². The lowest BCUT2D eigenvalue weighted by Gasteiger charge is -2.20. The van der Waals surface area contributed by atoms with Gasteiger partial charge < -0.3 is 4.90 Å². The second-order valence-electron chi connectivity index (χ2n) is 7.36. The molecule has 2 aromatic carbocycles. The molecule has 0 radical (unpaired) electrons. The van der Waals surface area contributed by atoms with Crippen LogP contribution in [0.25, 0.3) is 10.2 Å². The molecule has 1 N–H and O–H groups in total. The number of carbonyl (C=O) groups is 1. The molecule has 3 rings (SSSR count). The number of fused-ring (bicyclic) bond motifs is 1. The fourth-order valence-corrected chi connectivity index (χ4v) is 4.83. The number of hydrogen-bond acceptors (Lipinski definition) is 4. The van der Waals surface area contributed by atoms with E-state index in [1.165, 1.54) is 16.0 Å². The number of aromatic nitrogens is 1. The molecule has 1 aromatic heterocycles. The molecule has 0 atom stereocenters. The summed E-state index contributed by atoms with van der Waals surface area (Å²) in [5.74, 6) is 0.544. The Labute approximate surface area is 175 Å². The highest BCUT2D eigenvalue weighted by atomic mass is 32.2. The lowest BCUT2D eigenvalue weighted by Crippen LogP contribution is -3.05. The molecule has 0 aliphatic heterocycles. The van der Waals surface area contributed by atoms with Crippen LogP contribution in [0.1, 0.15) is 17.5 Å². The number of amides is 1. The number of hydrogen-bond donors (Lipinski definition) is 1. The van der Waals surface area contributed by atoms with Crippen LogP contribution in [-0.4, -0.2) is 43.8 Å². The topological polar surface area (TPSA) is 37.6 Å². The molecule has 3 aromatic rings. The fraction of sp³-hybridized carbons (Fsp3) is 0.364. The van der Waals surface area contributed by atoms with E-state index in [0.717, 1.165) is 33.2 Å². The molecule has 4 nitrogen and oxygen atoms in total. The van der Waals surface area contributed by atoms with Crippen molar-refractivity contribution in [1.82, 2.24) is 4.98 Å². The zero-order valence-electron chi connectivity index (χ0n) is 17.0. The Hall–Kier alpha value is -1.89. The first-order valence-corrected chi connectivity index (χ1v) is 11.4. The summed E-state index contributed by atoms with van der Waals surface area (Å²) in [5, 5.41) is 0.812. The second kappa shape index (κ2) is 9.54. The minimum Gasteiger partial charge on any atom is -0.340 e. The van der Waals surface area contributed by atoms with Crippen molar-refractivity contribution in [3.63, 3.8) is 0 Å². The monoisotopic (exact) mass is 414 g/mol. The molecule has 28 heavy (non-hydrogen) atoms. The summed E-state index contributed by atoms with van der Waals surface area (Å²) in [4.78, 5) is 22.3. The molecule has 0 aliphatic rings. The number of anilines is 1. The van der Waals surface area contributed by atoms with E-state index in [1.807, 2.05) is 35.2 Å². The number of nitrogens with zero attached hydrogens (tertiary/aromatic N) is 2. The summed E-state index contributed by atoms with van der Waals surface area (Å²) in [6.45, 7) is 5.95. The number of quaternary nitrogens is 1. The third kappa shape index (κ3) is 5.34. The van der Waals surface area contributed by atoms with Gasteiger partial charge in [-0.15, -0.1) is 11.8 Å². The van der Waals surface area contributed by atoms with Crippen LogP contribution in [-0.2, 0) is 4.79 Å². The average molecular weight is 415 g/mol. The number of benzene rings is 2. The highest BCUT2D eigenvalue weighted by Crippen LogP contribution is 2.31. The predicted molar refractivity (Wildman–Crippen MR) is 121 cm³/mol. The van der Waals surface area contributed by atoms with Crippen molar-refractivity contribution < 1.29 is 9.69 Å². The van der Waals surface area contributed by atoms with Crippen molar-refractivity contribution >= 4 is 44.4 Å². The van der Waals surface area contributed by atoms with E-state index in [9.17, 15) is 4.79 Å². The highest BCUT2D eigenvalue weighted by Gasteiger charge is 2.20. The first-order valence-electron chi connectivity index (χ1n) is 9.59. The van der Waals surface area contributed by atoms with E-state index in [4.69, 9.17) is 4.98 Å². The molecule has 0 saturated heterocycles. The van der Waals surface area contributed by atoms with Gasteiger partial charge in [0.25, 0.3) is 0 Å². The van der Waals surface area contributed by atoms with Gasteiger partial charge in [-0.2, -0.15) is 0 Å². The number of rotatable bonds is 8. The van der Waals surface area contributed by atoms with E-state index in [1.54, 1.807) is 23.1 Å². The van der Waals surface area contributed by atoms with Gasteiger partial charge in [0.05, 0.1) is 36.6 Å². The van der Waals surface area contributed by atoms with E-state index in [-0.39, 0.29) is 5.91 Å². The molecule has 1 amide bonds. The Kier molecular flexibility index (Phi) is 7.10. The van der Waals surface area contributed by atoms with Gasteiger partial charge >= 0.3 is 0 Å². The molecule has 0 bridgehead atoms. The van der Waals surface area contributed by atoms with Gasteiger partial charge in [-0.3, -0.25) is 9.69 Å². The smallest absolute Gasteiger partial charge is 0.239 e. The van der Waals surface area contributed by atoms with E-state index in [2.05, 4.69) is 40.1 Å². The second-order valence-corrected chi connectivity index (χ2v) is 9.42. The van der Waals surface area contributed by atoms with Crippen molar-refractivity contribution in [3.8, 4) is 0 Å². The van der Waals surface area contributed by atoms with Crippen LogP contribution in [0.2, 0.25) is 0 Å². The maximum absolute atomic E-state index is 13.1. The number of nitrogens with one attached hydrogen (secondary N) is 1. The summed E-state index contributed by atoms with van der Waals surface area (Å²) in [7, 11) is 4.28. The SMILES string of the molecule is Cc1cc2nc(N(CCC[NH+](C)C)C(=O)CSc3ccccc3)sc2cc1C. The molecule has 0 spiro atoms. The largest absolute Gasteiger partial charge is 0.340 e. The van der Waals surface area contributed by atoms with Crippen molar-refractivity contribution in [2.75, 3.05) is 37.8 Å². The molecule has 0 unspecified atom stereocenters.